The third kappa shape index (κ3) is 5.97. The van der Waals surface area contributed by atoms with Crippen molar-refractivity contribution < 1.29 is 9.59 Å². The Morgan fingerprint density at radius 1 is 1.09 bits per heavy atom. The lowest BCUT2D eigenvalue weighted by atomic mass is 10.0. The van der Waals surface area contributed by atoms with Crippen LogP contribution in [0.1, 0.15) is 54.1 Å². The van der Waals surface area contributed by atoms with Crippen LogP contribution in [0.3, 0.4) is 0 Å². The number of para-hydroxylation sites is 1. The smallest absolute Gasteiger partial charge is 0.251 e. The quantitative estimate of drug-likeness (QED) is 0.415. The summed E-state index contributed by atoms with van der Waals surface area (Å²) in [6.45, 7) is 8.06. The van der Waals surface area contributed by atoms with E-state index in [9.17, 15) is 9.59 Å². The molecule has 1 aromatic heterocycles. The average Bonchev–Trinajstić information content (AvgIpc) is 3.26. The first-order valence-electron chi connectivity index (χ1n) is 10.7. The number of aromatic nitrogens is 3. The second-order valence-electron chi connectivity index (χ2n) is 7.86. The van der Waals surface area contributed by atoms with E-state index in [-0.39, 0.29) is 29.5 Å². The summed E-state index contributed by atoms with van der Waals surface area (Å²) < 4.78 is 0. The molecule has 0 aliphatic heterocycles. The molecule has 168 valence electrons. The predicted molar refractivity (Wildman–Crippen MR) is 128 cm³/mol. The zero-order valence-corrected chi connectivity index (χ0v) is 19.6. The van der Waals surface area contributed by atoms with Crippen molar-refractivity contribution in [1.29, 1.82) is 0 Å². The monoisotopic (exact) mass is 451 g/mol. The van der Waals surface area contributed by atoms with E-state index in [0.29, 0.717) is 16.5 Å². The van der Waals surface area contributed by atoms with E-state index in [1.54, 1.807) is 12.1 Å². The van der Waals surface area contributed by atoms with E-state index in [2.05, 4.69) is 32.7 Å². The highest BCUT2D eigenvalue weighted by atomic mass is 32.2. The molecule has 1 unspecified atom stereocenters. The fraction of sp³-hybridized carbons (Fsp3) is 0.333. The average molecular weight is 452 g/mol. The highest BCUT2D eigenvalue weighted by Gasteiger charge is 2.23. The molecule has 0 aliphatic carbocycles. The molecule has 0 bridgehead atoms. The van der Waals surface area contributed by atoms with Crippen molar-refractivity contribution in [2.45, 2.75) is 45.3 Å². The largest absolute Gasteiger partial charge is 0.342 e. The number of thioether (sulfide) groups is 1. The number of nitrogens with zero attached hydrogens (tertiary/aromatic N) is 2. The van der Waals surface area contributed by atoms with Gasteiger partial charge < -0.3 is 10.6 Å². The van der Waals surface area contributed by atoms with Crippen molar-refractivity contribution in [3.63, 3.8) is 0 Å². The molecule has 32 heavy (non-hydrogen) atoms. The Morgan fingerprint density at radius 2 is 1.84 bits per heavy atom. The first kappa shape index (κ1) is 23.5. The van der Waals surface area contributed by atoms with Crippen molar-refractivity contribution in [2.75, 3.05) is 11.1 Å². The van der Waals surface area contributed by atoms with E-state index in [1.165, 1.54) is 11.8 Å². The number of H-pyrrole nitrogens is 1. The van der Waals surface area contributed by atoms with Gasteiger partial charge in [-0.2, -0.15) is 0 Å². The Balaban J connectivity index is 1.62. The van der Waals surface area contributed by atoms with Crippen molar-refractivity contribution >= 4 is 29.3 Å². The lowest BCUT2D eigenvalue weighted by Crippen LogP contribution is -2.32. The zero-order chi connectivity index (χ0) is 23.1. The minimum absolute atomic E-state index is 0.102. The number of anilines is 1. The molecule has 0 saturated heterocycles. The highest BCUT2D eigenvalue weighted by molar-refractivity contribution is 7.99. The summed E-state index contributed by atoms with van der Waals surface area (Å²) in [6, 6.07) is 14.7. The summed E-state index contributed by atoms with van der Waals surface area (Å²) in [5.41, 5.74) is 3.61. The van der Waals surface area contributed by atoms with Crippen LogP contribution in [0.4, 0.5) is 5.69 Å². The standard InChI is InChI=1S/C24H29N5O2S/c1-5-17-13-9-10-16(4)21(17)25-19(30)14-32-24-27-22(28-29-24)20(15(2)3)26-23(31)18-11-7-6-8-12-18/h6-13,15,20H,5,14H2,1-4H3,(H,25,30)(H,26,31)(H,27,28,29). The van der Waals surface area contributed by atoms with Crippen LogP contribution in [-0.2, 0) is 11.2 Å². The van der Waals surface area contributed by atoms with Gasteiger partial charge in [0.1, 0.15) is 5.82 Å². The number of nitrogens with one attached hydrogen (secondary N) is 3. The van der Waals surface area contributed by atoms with Crippen molar-refractivity contribution in [1.82, 2.24) is 20.5 Å². The molecule has 0 radical (unpaired) electrons. The number of aromatic amines is 1. The molecule has 2 aromatic carbocycles. The zero-order valence-electron chi connectivity index (χ0n) is 18.8. The maximum Gasteiger partial charge on any atom is 0.251 e. The van der Waals surface area contributed by atoms with Crippen LogP contribution in [0, 0.1) is 12.8 Å². The third-order valence-electron chi connectivity index (χ3n) is 5.10. The highest BCUT2D eigenvalue weighted by Crippen LogP contribution is 2.24. The molecule has 0 aliphatic rings. The molecule has 0 fully saturated rings. The number of hydrogen-bond acceptors (Lipinski definition) is 5. The maximum absolute atomic E-state index is 12.6. The SMILES string of the molecule is CCc1cccc(C)c1NC(=O)CSc1n[nH]c(C(NC(=O)c2ccccc2)C(C)C)n1. The van der Waals surface area contributed by atoms with Crippen LogP contribution in [0.25, 0.3) is 0 Å². The molecule has 1 atom stereocenters. The lowest BCUT2D eigenvalue weighted by Gasteiger charge is -2.19. The number of hydrogen-bond donors (Lipinski definition) is 3. The van der Waals surface area contributed by atoms with Gasteiger partial charge in [0, 0.05) is 11.3 Å². The number of benzene rings is 2. The number of carbonyl (C=O) groups excluding carboxylic acids is 2. The molecule has 3 N–H and O–H groups in total. The van der Waals surface area contributed by atoms with Crippen LogP contribution in [-0.4, -0.2) is 32.7 Å². The molecule has 2 amide bonds. The van der Waals surface area contributed by atoms with Gasteiger partial charge in [-0.1, -0.05) is 68.9 Å². The van der Waals surface area contributed by atoms with Crippen LogP contribution in [0.5, 0.6) is 0 Å². The van der Waals surface area contributed by atoms with Crippen LogP contribution >= 0.6 is 11.8 Å². The molecular formula is C24H29N5O2S. The van der Waals surface area contributed by atoms with Crippen LogP contribution in [0.15, 0.2) is 53.7 Å². The predicted octanol–water partition coefficient (Wildman–Crippen LogP) is 4.53. The third-order valence-corrected chi connectivity index (χ3v) is 5.95. The molecule has 3 rings (SSSR count). The first-order chi connectivity index (χ1) is 15.4. The summed E-state index contributed by atoms with van der Waals surface area (Å²) in [5.74, 6) is 0.587. The molecule has 0 saturated carbocycles. The summed E-state index contributed by atoms with van der Waals surface area (Å²) in [4.78, 5) is 29.6. The maximum atomic E-state index is 12.6. The normalized spacial score (nSPS) is 11.9. The molecule has 7 nitrogen and oxygen atoms in total. The van der Waals surface area contributed by atoms with Crippen molar-refractivity contribution in [2.24, 2.45) is 5.92 Å². The van der Waals surface area contributed by atoms with E-state index in [4.69, 9.17) is 0 Å². The van der Waals surface area contributed by atoms with E-state index < -0.39 is 0 Å². The first-order valence-corrected chi connectivity index (χ1v) is 11.7. The molecule has 8 heteroatoms. The number of amides is 2. The van der Waals surface area contributed by atoms with Gasteiger partial charge in [-0.15, -0.1) is 5.10 Å². The second kappa shape index (κ2) is 10.9. The van der Waals surface area contributed by atoms with Crippen molar-refractivity contribution in [3.8, 4) is 0 Å². The Kier molecular flexibility index (Phi) is 8.05. The van der Waals surface area contributed by atoms with Gasteiger partial charge in [0.2, 0.25) is 11.1 Å². The molecule has 3 aromatic rings. The number of aryl methyl sites for hydroxylation is 2. The second-order valence-corrected chi connectivity index (χ2v) is 8.81. The summed E-state index contributed by atoms with van der Waals surface area (Å²) in [7, 11) is 0. The summed E-state index contributed by atoms with van der Waals surface area (Å²) >= 11 is 1.25. The Bertz CT molecular complexity index is 1070. The molecular weight excluding hydrogens is 422 g/mol. The van der Waals surface area contributed by atoms with Gasteiger partial charge >= 0.3 is 0 Å². The summed E-state index contributed by atoms with van der Waals surface area (Å²) in [5, 5.41) is 13.6. The Hall–Kier alpha value is -3.13. The van der Waals surface area contributed by atoms with Gasteiger partial charge in [-0.3, -0.25) is 14.7 Å². The van der Waals surface area contributed by atoms with Crippen molar-refractivity contribution in [3.05, 3.63) is 71.0 Å². The minimum atomic E-state index is -0.322. The topological polar surface area (TPSA) is 99.8 Å². The van der Waals surface area contributed by atoms with Gasteiger partial charge in [-0.05, 0) is 42.5 Å². The summed E-state index contributed by atoms with van der Waals surface area (Å²) in [6.07, 6.45) is 0.847. The number of rotatable bonds is 9. The van der Waals surface area contributed by atoms with Gasteiger partial charge in [0.25, 0.3) is 5.91 Å². The lowest BCUT2D eigenvalue weighted by molar-refractivity contribution is -0.113. The minimum Gasteiger partial charge on any atom is -0.342 e. The van der Waals surface area contributed by atoms with Crippen LogP contribution < -0.4 is 10.6 Å². The van der Waals surface area contributed by atoms with E-state index in [0.717, 1.165) is 23.2 Å². The van der Waals surface area contributed by atoms with Crippen LogP contribution in [0.2, 0.25) is 0 Å². The molecule has 1 heterocycles. The number of carbonyl (C=O) groups is 2. The van der Waals surface area contributed by atoms with E-state index >= 15 is 0 Å². The van der Waals surface area contributed by atoms with E-state index in [1.807, 2.05) is 57.2 Å². The molecule has 0 spiro atoms. The Labute approximate surface area is 192 Å². The van der Waals surface area contributed by atoms with Gasteiger partial charge in [0.15, 0.2) is 0 Å². The fourth-order valence-electron chi connectivity index (χ4n) is 3.33. The van der Waals surface area contributed by atoms with Gasteiger partial charge in [-0.25, -0.2) is 4.98 Å². The fourth-order valence-corrected chi connectivity index (χ4v) is 3.94. The Morgan fingerprint density at radius 3 is 2.53 bits per heavy atom. The van der Waals surface area contributed by atoms with Gasteiger partial charge in [0.05, 0.1) is 11.8 Å².